The van der Waals surface area contributed by atoms with Crippen LogP contribution in [0.5, 0.6) is 0 Å². The van der Waals surface area contributed by atoms with Crippen LogP contribution in [-0.2, 0) is 11.3 Å². The molecule has 0 spiro atoms. The Labute approximate surface area is 110 Å². The van der Waals surface area contributed by atoms with E-state index >= 15 is 0 Å². The van der Waals surface area contributed by atoms with Gasteiger partial charge in [-0.1, -0.05) is 5.16 Å². The van der Waals surface area contributed by atoms with Crippen molar-refractivity contribution in [2.45, 2.75) is 25.0 Å². The van der Waals surface area contributed by atoms with Crippen LogP contribution in [0.2, 0.25) is 0 Å². The van der Waals surface area contributed by atoms with Crippen molar-refractivity contribution in [3.8, 4) is 0 Å². The average molecular weight is 270 g/mol. The van der Waals surface area contributed by atoms with Gasteiger partial charge in [-0.25, -0.2) is 4.79 Å². The van der Waals surface area contributed by atoms with Crippen molar-refractivity contribution < 1.29 is 24.3 Å². The number of carboxylic acids is 1. The van der Waals surface area contributed by atoms with Gasteiger partial charge in [0.25, 0.3) is 0 Å². The molecule has 7 nitrogen and oxygen atoms in total. The molecule has 0 aromatic carbocycles. The number of carboxylic acid groups (broad SMARTS) is 1. The minimum Gasteiger partial charge on any atom is -0.476 e. The second-order valence-corrected chi connectivity index (χ2v) is 4.99. The Morgan fingerprint density at radius 2 is 2.21 bits per heavy atom. The maximum atomic E-state index is 10.7. The largest absolute Gasteiger partial charge is 0.476 e. The smallest absolute Gasteiger partial charge is 0.358 e. The molecule has 0 unspecified atom stereocenters. The van der Waals surface area contributed by atoms with Crippen molar-refractivity contribution >= 4 is 5.97 Å². The summed E-state index contributed by atoms with van der Waals surface area (Å²) in [6.45, 7) is 2.02. The summed E-state index contributed by atoms with van der Waals surface area (Å²) < 4.78 is 10.2. The van der Waals surface area contributed by atoms with E-state index in [1.807, 2.05) is 11.9 Å². The summed E-state index contributed by atoms with van der Waals surface area (Å²) in [5.74, 6) is -0.642. The molecule has 0 amide bonds. The lowest BCUT2D eigenvalue weighted by atomic mass is 9.94. The van der Waals surface area contributed by atoms with Crippen molar-refractivity contribution in [2.24, 2.45) is 0 Å². The molecule has 1 aromatic rings. The first kappa shape index (κ1) is 14.0. The van der Waals surface area contributed by atoms with Gasteiger partial charge in [-0.3, -0.25) is 4.90 Å². The number of hydrogen-bond acceptors (Lipinski definition) is 6. The first-order valence-electron chi connectivity index (χ1n) is 6.16. The zero-order valence-electron chi connectivity index (χ0n) is 10.8. The van der Waals surface area contributed by atoms with Crippen LogP contribution in [0.4, 0.5) is 0 Å². The maximum absolute atomic E-state index is 10.7. The molecule has 106 valence electrons. The van der Waals surface area contributed by atoms with Gasteiger partial charge < -0.3 is 19.5 Å². The molecule has 1 saturated heterocycles. The predicted molar refractivity (Wildman–Crippen MR) is 64.8 cm³/mol. The minimum atomic E-state index is -1.11. The van der Waals surface area contributed by atoms with E-state index in [1.165, 1.54) is 6.07 Å². The molecule has 19 heavy (non-hydrogen) atoms. The normalized spacial score (nSPS) is 18.7. The molecule has 1 aromatic heterocycles. The van der Waals surface area contributed by atoms with E-state index in [4.69, 9.17) is 14.4 Å². The van der Waals surface area contributed by atoms with Gasteiger partial charge in [0.2, 0.25) is 0 Å². The highest BCUT2D eigenvalue weighted by Gasteiger charge is 2.31. The number of carbonyl (C=O) groups is 1. The molecule has 1 aliphatic heterocycles. The van der Waals surface area contributed by atoms with Crippen LogP contribution in [0.1, 0.15) is 29.1 Å². The second-order valence-electron chi connectivity index (χ2n) is 4.99. The molecule has 0 saturated carbocycles. The molecule has 0 aliphatic carbocycles. The van der Waals surface area contributed by atoms with Gasteiger partial charge in [0, 0.05) is 38.7 Å². The van der Waals surface area contributed by atoms with Crippen LogP contribution < -0.4 is 0 Å². The number of hydrogen-bond donors (Lipinski definition) is 2. The molecule has 2 heterocycles. The molecule has 2 rings (SSSR count). The van der Waals surface area contributed by atoms with Crippen molar-refractivity contribution in [1.82, 2.24) is 10.1 Å². The van der Waals surface area contributed by atoms with Gasteiger partial charge in [0.15, 0.2) is 11.5 Å². The van der Waals surface area contributed by atoms with Gasteiger partial charge in [-0.2, -0.15) is 0 Å². The van der Waals surface area contributed by atoms with Crippen LogP contribution in [0.3, 0.4) is 0 Å². The summed E-state index contributed by atoms with van der Waals surface area (Å²) in [7, 11) is 1.84. The molecular formula is C12H18N2O5. The number of nitrogens with zero attached hydrogens (tertiary/aromatic N) is 2. The van der Waals surface area contributed by atoms with Gasteiger partial charge in [-0.15, -0.1) is 0 Å². The summed E-state index contributed by atoms with van der Waals surface area (Å²) in [6, 6.07) is 1.40. The Hall–Kier alpha value is -1.44. The molecule has 1 aliphatic rings. The first-order chi connectivity index (χ1) is 8.98. The highest BCUT2D eigenvalue weighted by molar-refractivity contribution is 5.85. The fraction of sp³-hybridized carbons (Fsp3) is 0.667. The van der Waals surface area contributed by atoms with Gasteiger partial charge >= 0.3 is 5.97 Å². The SMILES string of the molecule is CN(Cc1cc(C(=O)O)no1)CC1(O)CCOCC1. The second kappa shape index (κ2) is 5.68. The Kier molecular flexibility index (Phi) is 4.18. The summed E-state index contributed by atoms with van der Waals surface area (Å²) in [5.41, 5.74) is -0.851. The Balaban J connectivity index is 1.89. The summed E-state index contributed by atoms with van der Waals surface area (Å²) in [5, 5.41) is 22.5. The van der Waals surface area contributed by atoms with Crippen molar-refractivity contribution in [2.75, 3.05) is 26.8 Å². The zero-order valence-corrected chi connectivity index (χ0v) is 10.8. The summed E-state index contributed by atoms with van der Waals surface area (Å²) in [4.78, 5) is 12.6. The lowest BCUT2D eigenvalue weighted by Crippen LogP contribution is -2.45. The number of likely N-dealkylation sites (N-methyl/N-ethyl adjacent to an activating group) is 1. The molecule has 1 fully saturated rings. The van der Waals surface area contributed by atoms with E-state index < -0.39 is 11.6 Å². The summed E-state index contributed by atoms with van der Waals surface area (Å²) in [6.07, 6.45) is 1.21. The van der Waals surface area contributed by atoms with Crippen LogP contribution in [0.15, 0.2) is 10.6 Å². The van der Waals surface area contributed by atoms with Crippen LogP contribution in [-0.4, -0.2) is 58.6 Å². The minimum absolute atomic E-state index is 0.104. The van der Waals surface area contributed by atoms with Gasteiger partial charge in [-0.05, 0) is 7.05 Å². The molecule has 0 atom stereocenters. The van der Waals surface area contributed by atoms with Crippen LogP contribution >= 0.6 is 0 Å². The van der Waals surface area contributed by atoms with E-state index in [0.717, 1.165) is 0 Å². The van der Waals surface area contributed by atoms with Gasteiger partial charge in [0.05, 0.1) is 12.1 Å². The van der Waals surface area contributed by atoms with E-state index in [1.54, 1.807) is 0 Å². The highest BCUT2D eigenvalue weighted by atomic mass is 16.5. The molecular weight excluding hydrogens is 252 g/mol. The number of ether oxygens (including phenoxy) is 1. The van der Waals surface area contributed by atoms with Crippen LogP contribution in [0.25, 0.3) is 0 Å². The van der Waals surface area contributed by atoms with E-state index in [9.17, 15) is 9.90 Å². The van der Waals surface area contributed by atoms with Crippen molar-refractivity contribution in [3.05, 3.63) is 17.5 Å². The quantitative estimate of drug-likeness (QED) is 0.796. The summed E-state index contributed by atoms with van der Waals surface area (Å²) >= 11 is 0. The Morgan fingerprint density at radius 1 is 1.53 bits per heavy atom. The zero-order chi connectivity index (χ0) is 13.9. The standard InChI is InChI=1S/C12H18N2O5/c1-14(8-12(17)2-4-18-5-3-12)7-9-6-10(11(15)16)13-19-9/h6,17H,2-5,7-8H2,1H3,(H,15,16). The van der Waals surface area contributed by atoms with E-state index in [0.29, 0.717) is 44.9 Å². The van der Waals surface area contributed by atoms with E-state index in [-0.39, 0.29) is 5.69 Å². The number of rotatable bonds is 5. The molecule has 0 bridgehead atoms. The third-order valence-corrected chi connectivity index (χ3v) is 3.19. The maximum Gasteiger partial charge on any atom is 0.358 e. The van der Waals surface area contributed by atoms with Gasteiger partial charge in [0.1, 0.15) is 0 Å². The number of aromatic nitrogens is 1. The Morgan fingerprint density at radius 3 is 2.79 bits per heavy atom. The van der Waals surface area contributed by atoms with Crippen molar-refractivity contribution in [3.63, 3.8) is 0 Å². The number of aromatic carboxylic acids is 1. The lowest BCUT2D eigenvalue weighted by Gasteiger charge is -2.35. The van der Waals surface area contributed by atoms with E-state index in [2.05, 4.69) is 5.16 Å². The third-order valence-electron chi connectivity index (χ3n) is 3.19. The first-order valence-corrected chi connectivity index (χ1v) is 6.16. The fourth-order valence-electron chi connectivity index (χ4n) is 2.22. The molecule has 2 N–H and O–H groups in total. The Bertz CT molecular complexity index is 439. The van der Waals surface area contributed by atoms with Crippen LogP contribution in [0, 0.1) is 0 Å². The topological polar surface area (TPSA) is 96.0 Å². The average Bonchev–Trinajstić information content (AvgIpc) is 2.77. The molecule has 7 heteroatoms. The molecule has 0 radical (unpaired) electrons. The predicted octanol–water partition coefficient (Wildman–Crippen LogP) is 0.346. The third kappa shape index (κ3) is 3.76. The fourth-order valence-corrected chi connectivity index (χ4v) is 2.22. The number of aliphatic hydroxyl groups is 1. The monoisotopic (exact) mass is 270 g/mol. The van der Waals surface area contributed by atoms with Crippen molar-refractivity contribution in [1.29, 1.82) is 0 Å². The lowest BCUT2D eigenvalue weighted by molar-refractivity contribution is -0.0783. The highest BCUT2D eigenvalue weighted by Crippen LogP contribution is 2.22.